The zero-order valence-electron chi connectivity index (χ0n) is 11.0. The maximum Gasteiger partial charge on any atom is 0.274 e. The van der Waals surface area contributed by atoms with Crippen molar-refractivity contribution in [3.8, 4) is 11.1 Å². The summed E-state index contributed by atoms with van der Waals surface area (Å²) < 4.78 is 0. The molecule has 0 aliphatic rings. The first-order valence-electron chi connectivity index (χ1n) is 6.43. The van der Waals surface area contributed by atoms with Gasteiger partial charge in [-0.25, -0.2) is 0 Å². The molecule has 2 aromatic rings. The summed E-state index contributed by atoms with van der Waals surface area (Å²) in [4.78, 5) is 10.8. The number of nitrogens with zero attached hydrogens (tertiary/aromatic N) is 1. The van der Waals surface area contributed by atoms with Gasteiger partial charge in [0.25, 0.3) is 5.69 Å². The van der Waals surface area contributed by atoms with E-state index in [4.69, 9.17) is 11.5 Å². The highest BCUT2D eigenvalue weighted by Gasteiger charge is 2.19. The maximum atomic E-state index is 11.2. The summed E-state index contributed by atoms with van der Waals surface area (Å²) in [5.41, 5.74) is 13.7. The monoisotopic (exact) mass is 271 g/mol. The van der Waals surface area contributed by atoms with E-state index in [1.165, 1.54) is 0 Å². The van der Waals surface area contributed by atoms with Crippen molar-refractivity contribution in [3.05, 3.63) is 64.2 Å². The molecule has 0 aliphatic heterocycles. The molecule has 0 aromatic heterocycles. The summed E-state index contributed by atoms with van der Waals surface area (Å²) in [5, 5.41) is 11.2. The zero-order chi connectivity index (χ0) is 14.5. The average molecular weight is 271 g/mol. The van der Waals surface area contributed by atoms with Gasteiger partial charge >= 0.3 is 0 Å². The van der Waals surface area contributed by atoms with Crippen LogP contribution in [0.25, 0.3) is 11.1 Å². The number of nitrogens with two attached hydrogens (primary N) is 2. The fraction of sp³-hybridized carbons (Fsp3) is 0.200. The molecular formula is C15H17N3O2. The lowest BCUT2D eigenvalue weighted by molar-refractivity contribution is -0.385. The number of hydrogen-bond acceptors (Lipinski definition) is 4. The first kappa shape index (κ1) is 14.2. The normalized spacial score (nSPS) is 12.1. The van der Waals surface area contributed by atoms with E-state index in [1.807, 2.05) is 36.4 Å². The Labute approximate surface area is 117 Å². The molecule has 5 heteroatoms. The molecule has 0 bridgehead atoms. The van der Waals surface area contributed by atoms with Crippen LogP contribution in [-0.2, 0) is 0 Å². The van der Waals surface area contributed by atoms with Crippen molar-refractivity contribution in [1.29, 1.82) is 0 Å². The van der Waals surface area contributed by atoms with Gasteiger partial charge in [-0.2, -0.15) is 0 Å². The van der Waals surface area contributed by atoms with Crippen LogP contribution in [0.15, 0.2) is 48.5 Å². The van der Waals surface area contributed by atoms with Gasteiger partial charge in [0.1, 0.15) is 0 Å². The molecule has 1 unspecified atom stereocenters. The number of hydrogen-bond donors (Lipinski definition) is 2. The molecule has 0 saturated carbocycles. The molecule has 0 radical (unpaired) electrons. The molecule has 0 fully saturated rings. The van der Waals surface area contributed by atoms with Gasteiger partial charge in [-0.05, 0) is 30.2 Å². The van der Waals surface area contributed by atoms with E-state index in [0.717, 1.165) is 11.1 Å². The van der Waals surface area contributed by atoms with Crippen LogP contribution in [0.2, 0.25) is 0 Å². The Morgan fingerprint density at radius 3 is 2.40 bits per heavy atom. The van der Waals surface area contributed by atoms with Crippen LogP contribution in [0, 0.1) is 10.1 Å². The first-order valence-corrected chi connectivity index (χ1v) is 6.43. The second-order valence-electron chi connectivity index (χ2n) is 4.58. The molecule has 5 nitrogen and oxygen atoms in total. The van der Waals surface area contributed by atoms with Crippen molar-refractivity contribution < 1.29 is 4.92 Å². The Balaban J connectivity index is 2.45. The van der Waals surface area contributed by atoms with E-state index < -0.39 is 11.0 Å². The smallest absolute Gasteiger partial charge is 0.274 e. The standard InChI is InChI=1S/C15H17N3O2/c16-9-8-14(17)13-7-6-12(10-15(13)18(19)20)11-4-2-1-3-5-11/h1-7,10,14H,8-9,16-17H2. The van der Waals surface area contributed by atoms with Gasteiger partial charge in [0, 0.05) is 17.7 Å². The van der Waals surface area contributed by atoms with Crippen LogP contribution in [-0.4, -0.2) is 11.5 Å². The fourth-order valence-corrected chi connectivity index (χ4v) is 2.16. The van der Waals surface area contributed by atoms with Gasteiger partial charge in [-0.15, -0.1) is 0 Å². The number of nitro groups is 1. The van der Waals surface area contributed by atoms with Crippen molar-refractivity contribution in [3.63, 3.8) is 0 Å². The third-order valence-corrected chi connectivity index (χ3v) is 3.21. The van der Waals surface area contributed by atoms with E-state index in [1.54, 1.807) is 12.1 Å². The van der Waals surface area contributed by atoms with Gasteiger partial charge < -0.3 is 11.5 Å². The molecule has 0 aliphatic carbocycles. The Morgan fingerprint density at radius 1 is 1.10 bits per heavy atom. The summed E-state index contributed by atoms with van der Waals surface area (Å²) in [6.07, 6.45) is 0.519. The lowest BCUT2D eigenvalue weighted by Gasteiger charge is -2.12. The minimum atomic E-state index is -0.412. The predicted octanol–water partition coefficient (Wildman–Crippen LogP) is 2.61. The Bertz CT molecular complexity index is 599. The van der Waals surface area contributed by atoms with Gasteiger partial charge in [-0.3, -0.25) is 10.1 Å². The number of nitro benzene ring substituents is 1. The van der Waals surface area contributed by atoms with Gasteiger partial charge in [0.05, 0.1) is 4.92 Å². The van der Waals surface area contributed by atoms with E-state index in [-0.39, 0.29) is 5.69 Å². The van der Waals surface area contributed by atoms with Crippen LogP contribution in [0.1, 0.15) is 18.0 Å². The molecule has 0 spiro atoms. The van der Waals surface area contributed by atoms with Crippen molar-refractivity contribution in [1.82, 2.24) is 0 Å². The summed E-state index contributed by atoms with van der Waals surface area (Å²) >= 11 is 0. The van der Waals surface area contributed by atoms with Crippen LogP contribution >= 0.6 is 0 Å². The summed E-state index contributed by atoms with van der Waals surface area (Å²) in [7, 11) is 0. The van der Waals surface area contributed by atoms with Gasteiger partial charge in [0.15, 0.2) is 0 Å². The van der Waals surface area contributed by atoms with Crippen molar-refractivity contribution in [2.45, 2.75) is 12.5 Å². The molecular weight excluding hydrogens is 254 g/mol. The van der Waals surface area contributed by atoms with Crippen LogP contribution in [0.5, 0.6) is 0 Å². The largest absolute Gasteiger partial charge is 0.330 e. The molecule has 2 rings (SSSR count). The molecule has 0 heterocycles. The topological polar surface area (TPSA) is 95.2 Å². The fourth-order valence-electron chi connectivity index (χ4n) is 2.16. The lowest BCUT2D eigenvalue weighted by Crippen LogP contribution is -2.16. The Hall–Kier alpha value is -2.24. The molecule has 4 N–H and O–H groups in total. The highest BCUT2D eigenvalue weighted by Crippen LogP contribution is 2.30. The zero-order valence-corrected chi connectivity index (χ0v) is 11.0. The average Bonchev–Trinajstić information content (AvgIpc) is 2.47. The third-order valence-electron chi connectivity index (χ3n) is 3.21. The first-order chi connectivity index (χ1) is 9.63. The summed E-state index contributed by atoms with van der Waals surface area (Å²) in [5.74, 6) is 0. The molecule has 20 heavy (non-hydrogen) atoms. The third kappa shape index (κ3) is 3.01. The Kier molecular flexibility index (Phi) is 4.45. The minimum Gasteiger partial charge on any atom is -0.330 e. The number of benzene rings is 2. The summed E-state index contributed by atoms with van der Waals surface area (Å²) in [6.45, 7) is 0.402. The van der Waals surface area contributed by atoms with Crippen molar-refractivity contribution in [2.75, 3.05) is 6.54 Å². The summed E-state index contributed by atoms with van der Waals surface area (Å²) in [6, 6.07) is 14.3. The highest BCUT2D eigenvalue weighted by molar-refractivity contribution is 5.67. The lowest BCUT2D eigenvalue weighted by atomic mass is 9.97. The van der Waals surface area contributed by atoms with Gasteiger partial charge in [0.2, 0.25) is 0 Å². The quantitative estimate of drug-likeness (QED) is 0.645. The SMILES string of the molecule is NCCC(N)c1ccc(-c2ccccc2)cc1[N+](=O)[O-]. The van der Waals surface area contributed by atoms with Crippen LogP contribution < -0.4 is 11.5 Å². The van der Waals surface area contributed by atoms with E-state index in [9.17, 15) is 10.1 Å². The highest BCUT2D eigenvalue weighted by atomic mass is 16.6. The molecule has 0 saturated heterocycles. The predicted molar refractivity (Wildman–Crippen MR) is 79.1 cm³/mol. The molecule has 2 aromatic carbocycles. The van der Waals surface area contributed by atoms with E-state index >= 15 is 0 Å². The second-order valence-corrected chi connectivity index (χ2v) is 4.58. The Morgan fingerprint density at radius 2 is 1.80 bits per heavy atom. The molecule has 1 atom stereocenters. The van der Waals surface area contributed by atoms with Crippen LogP contribution in [0.4, 0.5) is 5.69 Å². The van der Waals surface area contributed by atoms with Gasteiger partial charge in [-0.1, -0.05) is 36.4 Å². The van der Waals surface area contributed by atoms with E-state index in [0.29, 0.717) is 18.5 Å². The number of rotatable bonds is 5. The van der Waals surface area contributed by atoms with E-state index in [2.05, 4.69) is 0 Å². The van der Waals surface area contributed by atoms with Crippen LogP contribution in [0.3, 0.4) is 0 Å². The maximum absolute atomic E-state index is 11.2. The second kappa shape index (κ2) is 6.27. The van der Waals surface area contributed by atoms with Crippen molar-refractivity contribution >= 4 is 5.69 Å². The minimum absolute atomic E-state index is 0.0484. The van der Waals surface area contributed by atoms with Crippen molar-refractivity contribution in [2.24, 2.45) is 11.5 Å². The molecule has 104 valence electrons. The molecule has 0 amide bonds.